The summed E-state index contributed by atoms with van der Waals surface area (Å²) < 4.78 is 5.23. The largest absolute Gasteiger partial charge is 0.497 e. The zero-order valence-electron chi connectivity index (χ0n) is 15.6. The van der Waals surface area contributed by atoms with Crippen LogP contribution in [0, 0.1) is 11.3 Å². The van der Waals surface area contributed by atoms with E-state index in [1.165, 1.54) is 12.8 Å². The normalized spacial score (nSPS) is 24.6. The van der Waals surface area contributed by atoms with Crippen molar-refractivity contribution in [2.45, 2.75) is 45.2 Å². The minimum atomic E-state index is 0.0599. The molecule has 0 radical (unpaired) electrons. The van der Waals surface area contributed by atoms with Gasteiger partial charge >= 0.3 is 0 Å². The number of piperidine rings is 1. The van der Waals surface area contributed by atoms with E-state index in [0.29, 0.717) is 12.5 Å². The molecule has 1 aromatic carbocycles. The van der Waals surface area contributed by atoms with Crippen molar-refractivity contribution < 1.29 is 9.53 Å². The van der Waals surface area contributed by atoms with Crippen LogP contribution in [0.25, 0.3) is 0 Å². The van der Waals surface area contributed by atoms with Gasteiger partial charge in [-0.2, -0.15) is 0 Å². The number of methoxy groups -OCH3 is 1. The third-order valence-electron chi connectivity index (χ3n) is 5.64. The second-order valence-corrected chi connectivity index (χ2v) is 8.25. The smallest absolute Gasteiger partial charge is 0.234 e. The van der Waals surface area contributed by atoms with E-state index >= 15 is 0 Å². The van der Waals surface area contributed by atoms with Crippen molar-refractivity contribution >= 4 is 5.91 Å². The number of carbonyl (C=O) groups excluding carboxylic acids is 1. The SMILES string of the molecule is COc1ccc(C(NC(=O)CN2CCC(N)C(C)(C)C2)C2CC2)cc1. The molecule has 0 bridgehead atoms. The molecule has 1 aliphatic carbocycles. The number of ether oxygens (including phenoxy) is 1. The fourth-order valence-electron chi connectivity index (χ4n) is 3.76. The minimum absolute atomic E-state index is 0.0599. The van der Waals surface area contributed by atoms with Crippen molar-refractivity contribution in [2.24, 2.45) is 17.1 Å². The molecule has 3 rings (SSSR count). The molecular formula is C20H31N3O2. The maximum atomic E-state index is 12.6. The summed E-state index contributed by atoms with van der Waals surface area (Å²) in [6.45, 7) is 6.60. The number of hydrogen-bond acceptors (Lipinski definition) is 4. The third-order valence-corrected chi connectivity index (χ3v) is 5.64. The molecule has 2 unspecified atom stereocenters. The highest BCUT2D eigenvalue weighted by atomic mass is 16.5. The molecule has 1 saturated heterocycles. The van der Waals surface area contributed by atoms with Crippen LogP contribution in [-0.2, 0) is 4.79 Å². The molecule has 1 aliphatic heterocycles. The molecule has 2 aliphatic rings. The van der Waals surface area contributed by atoms with Gasteiger partial charge in [-0.25, -0.2) is 0 Å². The molecule has 5 nitrogen and oxygen atoms in total. The zero-order chi connectivity index (χ0) is 18.0. The van der Waals surface area contributed by atoms with Crippen LogP contribution >= 0.6 is 0 Å². The predicted molar refractivity (Wildman–Crippen MR) is 99.4 cm³/mol. The first-order valence-electron chi connectivity index (χ1n) is 9.30. The Hall–Kier alpha value is -1.59. The van der Waals surface area contributed by atoms with E-state index in [2.05, 4.69) is 36.2 Å². The van der Waals surface area contributed by atoms with Crippen LogP contribution in [0.5, 0.6) is 5.75 Å². The molecule has 1 saturated carbocycles. The zero-order valence-corrected chi connectivity index (χ0v) is 15.6. The number of nitrogens with zero attached hydrogens (tertiary/aromatic N) is 1. The lowest BCUT2D eigenvalue weighted by molar-refractivity contribution is -0.124. The van der Waals surface area contributed by atoms with E-state index in [4.69, 9.17) is 10.5 Å². The van der Waals surface area contributed by atoms with Gasteiger partial charge in [0.05, 0.1) is 19.7 Å². The number of hydrogen-bond donors (Lipinski definition) is 2. The fourth-order valence-corrected chi connectivity index (χ4v) is 3.76. The highest BCUT2D eigenvalue weighted by molar-refractivity contribution is 5.78. The van der Waals surface area contributed by atoms with E-state index in [1.807, 2.05) is 12.1 Å². The van der Waals surface area contributed by atoms with E-state index in [9.17, 15) is 4.79 Å². The minimum Gasteiger partial charge on any atom is -0.497 e. The first-order valence-corrected chi connectivity index (χ1v) is 9.30. The maximum Gasteiger partial charge on any atom is 0.234 e. The lowest BCUT2D eigenvalue weighted by Crippen LogP contribution is -2.54. The number of carbonyl (C=O) groups is 1. The second-order valence-electron chi connectivity index (χ2n) is 8.25. The Morgan fingerprint density at radius 2 is 2.00 bits per heavy atom. The molecule has 0 aromatic heterocycles. The summed E-state index contributed by atoms with van der Waals surface area (Å²) in [5.74, 6) is 1.51. The average molecular weight is 345 g/mol. The predicted octanol–water partition coefficient (Wildman–Crippen LogP) is 2.32. The van der Waals surface area contributed by atoms with Crippen molar-refractivity contribution in [3.05, 3.63) is 29.8 Å². The van der Waals surface area contributed by atoms with Gasteiger partial charge in [-0.15, -0.1) is 0 Å². The molecule has 1 heterocycles. The standard InChI is InChI=1S/C20H31N3O2/c1-20(2)13-23(11-10-17(20)21)12-18(24)22-19(14-4-5-14)15-6-8-16(25-3)9-7-15/h6-9,14,17,19H,4-5,10-13,21H2,1-3H3,(H,22,24). The first-order chi connectivity index (χ1) is 11.9. The Balaban J connectivity index is 1.59. The van der Waals surface area contributed by atoms with Crippen molar-refractivity contribution in [1.29, 1.82) is 0 Å². The van der Waals surface area contributed by atoms with Gasteiger partial charge in [0.2, 0.25) is 5.91 Å². The number of nitrogens with two attached hydrogens (primary N) is 1. The van der Waals surface area contributed by atoms with E-state index < -0.39 is 0 Å². The summed E-state index contributed by atoms with van der Waals surface area (Å²) in [6.07, 6.45) is 3.32. The summed E-state index contributed by atoms with van der Waals surface area (Å²) in [4.78, 5) is 14.9. The highest BCUT2D eigenvalue weighted by Crippen LogP contribution is 2.41. The van der Waals surface area contributed by atoms with Gasteiger partial charge in [0.25, 0.3) is 0 Å². The monoisotopic (exact) mass is 345 g/mol. The summed E-state index contributed by atoms with van der Waals surface area (Å²) >= 11 is 0. The molecule has 25 heavy (non-hydrogen) atoms. The summed E-state index contributed by atoms with van der Waals surface area (Å²) in [7, 11) is 1.67. The van der Waals surface area contributed by atoms with Gasteiger partial charge in [0.1, 0.15) is 5.75 Å². The van der Waals surface area contributed by atoms with Crippen molar-refractivity contribution in [3.63, 3.8) is 0 Å². The van der Waals surface area contributed by atoms with Crippen LogP contribution in [0.1, 0.15) is 44.7 Å². The van der Waals surface area contributed by atoms with Gasteiger partial charge in [-0.1, -0.05) is 26.0 Å². The molecular weight excluding hydrogens is 314 g/mol. The Labute approximate surface area is 150 Å². The quantitative estimate of drug-likeness (QED) is 0.830. The maximum absolute atomic E-state index is 12.6. The second kappa shape index (κ2) is 7.34. The van der Waals surface area contributed by atoms with Crippen LogP contribution < -0.4 is 15.8 Å². The van der Waals surface area contributed by atoms with Gasteiger partial charge in [-0.3, -0.25) is 9.69 Å². The Kier molecular flexibility index (Phi) is 5.35. The Bertz CT molecular complexity index is 595. The van der Waals surface area contributed by atoms with Crippen LogP contribution in [0.15, 0.2) is 24.3 Å². The number of likely N-dealkylation sites (tertiary alicyclic amines) is 1. The Morgan fingerprint density at radius 3 is 2.56 bits per heavy atom. The highest BCUT2D eigenvalue weighted by Gasteiger charge is 2.36. The lowest BCUT2D eigenvalue weighted by atomic mass is 9.80. The molecule has 3 N–H and O–H groups in total. The van der Waals surface area contributed by atoms with E-state index in [-0.39, 0.29) is 23.4 Å². The number of rotatable bonds is 6. The summed E-state index contributed by atoms with van der Waals surface area (Å²) in [6, 6.07) is 8.37. The van der Waals surface area contributed by atoms with Crippen LogP contribution in [-0.4, -0.2) is 43.6 Å². The number of nitrogens with one attached hydrogen (secondary N) is 1. The molecule has 138 valence electrons. The van der Waals surface area contributed by atoms with E-state index in [1.54, 1.807) is 7.11 Å². The van der Waals surface area contributed by atoms with Gasteiger partial charge in [0, 0.05) is 19.1 Å². The fraction of sp³-hybridized carbons (Fsp3) is 0.650. The van der Waals surface area contributed by atoms with Crippen molar-refractivity contribution in [3.8, 4) is 5.75 Å². The summed E-state index contributed by atoms with van der Waals surface area (Å²) in [5, 5.41) is 3.27. The lowest BCUT2D eigenvalue weighted by Gasteiger charge is -2.42. The van der Waals surface area contributed by atoms with Crippen LogP contribution in [0.2, 0.25) is 0 Å². The first kappa shape index (κ1) is 18.2. The molecule has 2 fully saturated rings. The third kappa shape index (κ3) is 4.53. The van der Waals surface area contributed by atoms with Crippen molar-refractivity contribution in [1.82, 2.24) is 10.2 Å². The van der Waals surface area contributed by atoms with Crippen molar-refractivity contribution in [2.75, 3.05) is 26.7 Å². The average Bonchev–Trinajstić information content (AvgIpc) is 3.41. The van der Waals surface area contributed by atoms with Gasteiger partial charge in [-0.05, 0) is 48.3 Å². The molecule has 1 amide bonds. The van der Waals surface area contributed by atoms with Gasteiger partial charge < -0.3 is 15.8 Å². The molecule has 2 atom stereocenters. The summed E-state index contributed by atoms with van der Waals surface area (Å²) in [5.41, 5.74) is 7.42. The number of benzene rings is 1. The number of amides is 1. The topological polar surface area (TPSA) is 67.6 Å². The Morgan fingerprint density at radius 1 is 1.32 bits per heavy atom. The molecule has 1 aromatic rings. The van der Waals surface area contributed by atoms with Crippen LogP contribution in [0.4, 0.5) is 0 Å². The van der Waals surface area contributed by atoms with E-state index in [0.717, 1.165) is 30.8 Å². The molecule has 0 spiro atoms. The van der Waals surface area contributed by atoms with Crippen LogP contribution in [0.3, 0.4) is 0 Å². The van der Waals surface area contributed by atoms with Gasteiger partial charge in [0.15, 0.2) is 0 Å². The molecule has 5 heteroatoms.